The number of hydrogen-bond donors (Lipinski definition) is 3. The van der Waals surface area contributed by atoms with Crippen LogP contribution < -0.4 is 16.8 Å². The Labute approximate surface area is 152 Å². The number of pyridine rings is 1. The highest BCUT2D eigenvalue weighted by Crippen LogP contribution is 2.41. The lowest BCUT2D eigenvalue weighted by molar-refractivity contribution is 0.396. The number of nitrogens with one attached hydrogen (secondary N) is 1. The van der Waals surface area contributed by atoms with Gasteiger partial charge in [0.2, 0.25) is 0 Å². The molecule has 0 spiro atoms. The zero-order valence-electron chi connectivity index (χ0n) is 15.2. The fourth-order valence-corrected chi connectivity index (χ4v) is 3.95. The maximum absolute atomic E-state index is 6.37. The molecule has 3 aromatic heterocycles. The third-order valence-electron chi connectivity index (χ3n) is 5.14. The molecule has 4 rings (SSSR count). The zero-order valence-corrected chi connectivity index (χ0v) is 15.2. The van der Waals surface area contributed by atoms with Gasteiger partial charge in [-0.3, -0.25) is 0 Å². The predicted octanol–water partition coefficient (Wildman–Crippen LogP) is 3.05. The summed E-state index contributed by atoms with van der Waals surface area (Å²) in [5.41, 5.74) is 17.3. The number of rotatable bonds is 3. The first kappa shape index (κ1) is 16.8. The second kappa shape index (κ2) is 6.57. The summed E-state index contributed by atoms with van der Waals surface area (Å²) in [6.07, 6.45) is 7.59. The van der Waals surface area contributed by atoms with Gasteiger partial charge < -0.3 is 16.8 Å². The van der Waals surface area contributed by atoms with Crippen LogP contribution in [-0.2, 0) is 0 Å². The monoisotopic (exact) mass is 351 g/mol. The first-order chi connectivity index (χ1) is 12.5. The van der Waals surface area contributed by atoms with Gasteiger partial charge >= 0.3 is 0 Å². The van der Waals surface area contributed by atoms with E-state index in [0.717, 1.165) is 59.7 Å². The number of aryl methyl sites for hydroxylation is 2. The Morgan fingerprint density at radius 1 is 1.15 bits per heavy atom. The third kappa shape index (κ3) is 3.10. The highest BCUT2D eigenvalue weighted by molar-refractivity contribution is 5.80. The van der Waals surface area contributed by atoms with E-state index in [1.807, 2.05) is 19.2 Å². The summed E-state index contributed by atoms with van der Waals surface area (Å²) in [5, 5.41) is 7.99. The Kier molecular flexibility index (Phi) is 4.24. The van der Waals surface area contributed by atoms with Gasteiger partial charge in [-0.2, -0.15) is 0 Å². The summed E-state index contributed by atoms with van der Waals surface area (Å²) < 4.78 is 1.72. The van der Waals surface area contributed by atoms with Gasteiger partial charge in [-0.25, -0.2) is 14.5 Å². The highest BCUT2D eigenvalue weighted by atomic mass is 15.3. The standard InChI is InChI=1S/C19H25N7/c1-11-9-12(2)23-15(10-11)24-17-16(13-3-5-14(20)6-4-13)18(21)25-26-8-7-22-19(17)26/h7-10,13-14H,3-6,20H2,1-2H3,(H2,21,25)(H,23,24). The van der Waals surface area contributed by atoms with Crippen LogP contribution in [0, 0.1) is 13.8 Å². The van der Waals surface area contributed by atoms with Crippen molar-refractivity contribution in [2.75, 3.05) is 11.1 Å². The number of anilines is 3. The third-order valence-corrected chi connectivity index (χ3v) is 5.14. The summed E-state index contributed by atoms with van der Waals surface area (Å²) in [6, 6.07) is 4.37. The summed E-state index contributed by atoms with van der Waals surface area (Å²) in [7, 11) is 0. The van der Waals surface area contributed by atoms with Gasteiger partial charge in [-0.15, -0.1) is 5.10 Å². The van der Waals surface area contributed by atoms with Gasteiger partial charge in [0.1, 0.15) is 11.6 Å². The number of nitrogens with zero attached hydrogens (tertiary/aromatic N) is 4. The van der Waals surface area contributed by atoms with Crippen LogP contribution in [0.25, 0.3) is 5.65 Å². The lowest BCUT2D eigenvalue weighted by Gasteiger charge is -2.28. The van der Waals surface area contributed by atoms with Crippen molar-refractivity contribution in [3.8, 4) is 0 Å². The van der Waals surface area contributed by atoms with E-state index in [9.17, 15) is 0 Å². The second-order valence-electron chi connectivity index (χ2n) is 7.28. The van der Waals surface area contributed by atoms with Gasteiger partial charge in [0, 0.05) is 29.7 Å². The van der Waals surface area contributed by atoms with Crippen LogP contribution in [0.2, 0.25) is 0 Å². The molecule has 0 saturated heterocycles. The number of fused-ring (bicyclic) bond motifs is 1. The molecule has 0 radical (unpaired) electrons. The molecule has 7 nitrogen and oxygen atoms in total. The Bertz CT molecular complexity index is 918. The Balaban J connectivity index is 1.82. The van der Waals surface area contributed by atoms with Crippen molar-refractivity contribution in [3.05, 3.63) is 41.3 Å². The highest BCUT2D eigenvalue weighted by Gasteiger charge is 2.27. The molecular weight excluding hydrogens is 326 g/mol. The van der Waals surface area contributed by atoms with E-state index in [4.69, 9.17) is 11.5 Å². The van der Waals surface area contributed by atoms with Crippen LogP contribution in [0.3, 0.4) is 0 Å². The molecule has 0 aromatic carbocycles. The average molecular weight is 351 g/mol. The number of nitrogens with two attached hydrogens (primary N) is 2. The smallest absolute Gasteiger partial charge is 0.177 e. The van der Waals surface area contributed by atoms with Crippen molar-refractivity contribution < 1.29 is 0 Å². The summed E-state index contributed by atoms with van der Waals surface area (Å²) in [6.45, 7) is 4.06. The molecule has 7 heteroatoms. The molecular formula is C19H25N7. The minimum Gasteiger partial charge on any atom is -0.382 e. The molecule has 0 atom stereocenters. The fourth-order valence-electron chi connectivity index (χ4n) is 3.95. The molecule has 1 fully saturated rings. The normalized spacial score (nSPS) is 20.4. The average Bonchev–Trinajstić information content (AvgIpc) is 3.03. The maximum atomic E-state index is 6.37. The summed E-state index contributed by atoms with van der Waals surface area (Å²) in [4.78, 5) is 9.12. The number of nitrogen functional groups attached to an aromatic ring is 1. The first-order valence-corrected chi connectivity index (χ1v) is 9.12. The molecule has 1 saturated carbocycles. The van der Waals surface area contributed by atoms with E-state index >= 15 is 0 Å². The van der Waals surface area contributed by atoms with Crippen LogP contribution in [0.4, 0.5) is 17.3 Å². The van der Waals surface area contributed by atoms with Crippen LogP contribution in [-0.4, -0.2) is 25.6 Å². The van der Waals surface area contributed by atoms with E-state index in [1.165, 1.54) is 0 Å². The van der Waals surface area contributed by atoms with Crippen LogP contribution in [0.15, 0.2) is 24.5 Å². The minimum atomic E-state index is 0.285. The molecule has 1 aliphatic carbocycles. The van der Waals surface area contributed by atoms with Crippen molar-refractivity contribution in [2.24, 2.45) is 5.73 Å². The Morgan fingerprint density at radius 3 is 2.65 bits per heavy atom. The molecule has 0 aliphatic heterocycles. The van der Waals surface area contributed by atoms with E-state index in [-0.39, 0.29) is 6.04 Å². The Hall–Kier alpha value is -2.67. The van der Waals surface area contributed by atoms with Crippen molar-refractivity contribution >= 4 is 23.0 Å². The van der Waals surface area contributed by atoms with E-state index in [2.05, 4.69) is 33.4 Å². The number of hydrogen-bond acceptors (Lipinski definition) is 6. The van der Waals surface area contributed by atoms with Crippen molar-refractivity contribution in [1.29, 1.82) is 0 Å². The Morgan fingerprint density at radius 2 is 1.92 bits per heavy atom. The lowest BCUT2D eigenvalue weighted by Crippen LogP contribution is -2.26. The van der Waals surface area contributed by atoms with Gasteiger partial charge in [0.05, 0.1) is 5.69 Å². The molecule has 0 bridgehead atoms. The number of imidazole rings is 1. The molecule has 1 aliphatic rings. The maximum Gasteiger partial charge on any atom is 0.177 e. The first-order valence-electron chi connectivity index (χ1n) is 9.12. The van der Waals surface area contributed by atoms with E-state index in [1.54, 1.807) is 10.7 Å². The second-order valence-corrected chi connectivity index (χ2v) is 7.28. The van der Waals surface area contributed by atoms with Crippen LogP contribution >= 0.6 is 0 Å². The van der Waals surface area contributed by atoms with E-state index < -0.39 is 0 Å². The molecule has 3 heterocycles. The summed E-state index contributed by atoms with van der Waals surface area (Å²) in [5.74, 6) is 1.67. The topological polar surface area (TPSA) is 107 Å². The van der Waals surface area contributed by atoms with Crippen molar-refractivity contribution in [2.45, 2.75) is 51.5 Å². The van der Waals surface area contributed by atoms with Gasteiger partial charge in [-0.1, -0.05) is 0 Å². The largest absolute Gasteiger partial charge is 0.382 e. The van der Waals surface area contributed by atoms with Gasteiger partial charge in [-0.05, 0) is 63.1 Å². The fraction of sp³-hybridized carbons (Fsp3) is 0.421. The lowest BCUT2D eigenvalue weighted by atomic mass is 9.81. The summed E-state index contributed by atoms with van der Waals surface area (Å²) >= 11 is 0. The predicted molar refractivity (Wildman–Crippen MR) is 104 cm³/mol. The molecule has 136 valence electrons. The number of aromatic nitrogens is 4. The SMILES string of the molecule is Cc1cc(C)nc(Nc2c(C3CCC(N)CC3)c(N)nn3ccnc23)c1. The van der Waals surface area contributed by atoms with Crippen molar-refractivity contribution in [3.63, 3.8) is 0 Å². The molecule has 26 heavy (non-hydrogen) atoms. The van der Waals surface area contributed by atoms with Gasteiger partial charge in [0.25, 0.3) is 0 Å². The van der Waals surface area contributed by atoms with Crippen LogP contribution in [0.5, 0.6) is 0 Å². The molecule has 0 amide bonds. The van der Waals surface area contributed by atoms with E-state index in [0.29, 0.717) is 11.7 Å². The van der Waals surface area contributed by atoms with Crippen LogP contribution in [0.1, 0.15) is 48.4 Å². The minimum absolute atomic E-state index is 0.285. The van der Waals surface area contributed by atoms with Gasteiger partial charge in [0.15, 0.2) is 5.65 Å². The molecule has 5 N–H and O–H groups in total. The zero-order chi connectivity index (χ0) is 18.3. The van der Waals surface area contributed by atoms with Crippen molar-refractivity contribution in [1.82, 2.24) is 19.6 Å². The quantitative estimate of drug-likeness (QED) is 0.669. The molecule has 3 aromatic rings. The molecule has 0 unspecified atom stereocenters.